The lowest BCUT2D eigenvalue weighted by Crippen LogP contribution is -2.30. The van der Waals surface area contributed by atoms with Gasteiger partial charge in [-0.05, 0) is 48.4 Å². The molecule has 0 aliphatic rings. The van der Waals surface area contributed by atoms with E-state index in [0.717, 1.165) is 4.47 Å². The van der Waals surface area contributed by atoms with Gasteiger partial charge in [0.25, 0.3) is 0 Å². The molecule has 0 spiro atoms. The molecule has 0 fully saturated rings. The van der Waals surface area contributed by atoms with Gasteiger partial charge in [0.1, 0.15) is 11.6 Å². The first-order valence-electron chi connectivity index (χ1n) is 5.86. The third-order valence-corrected chi connectivity index (χ3v) is 3.98. The van der Waals surface area contributed by atoms with Crippen LogP contribution in [-0.2, 0) is 6.42 Å². The summed E-state index contributed by atoms with van der Waals surface area (Å²) in [6.45, 7) is 0. The molecule has 2 nitrogen and oxygen atoms in total. The second-order valence-electron chi connectivity index (χ2n) is 4.32. The first kappa shape index (κ1) is 15.4. The average Bonchev–Trinajstić information content (AvgIpc) is 2.42. The summed E-state index contributed by atoms with van der Waals surface area (Å²) in [6, 6.07) is 8.08. The lowest BCUT2D eigenvalue weighted by Gasteiger charge is -2.18. The standard InChI is InChI=1S/C14H12BrClF2N2/c15-12-3-2-10(17)5-8(12)6-14(20-19)11-7-9(16)1-4-13(11)18/h1-5,7,14,20H,6,19H2. The fraction of sp³-hybridized carbons (Fsp3) is 0.143. The maximum absolute atomic E-state index is 13.8. The van der Waals surface area contributed by atoms with E-state index in [-0.39, 0.29) is 5.82 Å². The van der Waals surface area contributed by atoms with Crippen molar-refractivity contribution in [3.63, 3.8) is 0 Å². The molecule has 0 heterocycles. The number of hydrazine groups is 1. The molecule has 0 bridgehead atoms. The van der Waals surface area contributed by atoms with Crippen LogP contribution in [-0.4, -0.2) is 0 Å². The molecule has 2 aromatic rings. The third kappa shape index (κ3) is 3.55. The highest BCUT2D eigenvalue weighted by atomic mass is 79.9. The Morgan fingerprint density at radius 2 is 1.95 bits per heavy atom. The summed E-state index contributed by atoms with van der Waals surface area (Å²) in [4.78, 5) is 0. The zero-order chi connectivity index (χ0) is 14.7. The van der Waals surface area contributed by atoms with Crippen LogP contribution in [0.25, 0.3) is 0 Å². The minimum Gasteiger partial charge on any atom is -0.271 e. The van der Waals surface area contributed by atoms with Crippen molar-refractivity contribution in [3.05, 3.63) is 68.7 Å². The Kier molecular flexibility index (Phi) is 5.10. The number of hydrogen-bond donors (Lipinski definition) is 2. The Hall–Kier alpha value is -1.01. The van der Waals surface area contributed by atoms with Crippen LogP contribution in [0.2, 0.25) is 5.02 Å². The molecule has 3 N–H and O–H groups in total. The molecule has 106 valence electrons. The lowest BCUT2D eigenvalue weighted by molar-refractivity contribution is 0.508. The van der Waals surface area contributed by atoms with Crippen LogP contribution < -0.4 is 11.3 Å². The smallest absolute Gasteiger partial charge is 0.128 e. The van der Waals surface area contributed by atoms with Crippen molar-refractivity contribution in [2.24, 2.45) is 5.84 Å². The van der Waals surface area contributed by atoms with Gasteiger partial charge in [-0.3, -0.25) is 11.3 Å². The maximum atomic E-state index is 13.8. The second-order valence-corrected chi connectivity index (χ2v) is 5.62. The lowest BCUT2D eigenvalue weighted by atomic mass is 9.99. The van der Waals surface area contributed by atoms with Crippen molar-refractivity contribution >= 4 is 27.5 Å². The van der Waals surface area contributed by atoms with Crippen LogP contribution in [0, 0.1) is 11.6 Å². The molecular formula is C14H12BrClF2N2. The van der Waals surface area contributed by atoms with Gasteiger partial charge in [-0.25, -0.2) is 8.78 Å². The highest BCUT2D eigenvalue weighted by Gasteiger charge is 2.17. The largest absolute Gasteiger partial charge is 0.271 e. The summed E-state index contributed by atoms with van der Waals surface area (Å²) >= 11 is 9.21. The second kappa shape index (κ2) is 6.63. The topological polar surface area (TPSA) is 38.0 Å². The van der Waals surface area contributed by atoms with Gasteiger partial charge >= 0.3 is 0 Å². The van der Waals surface area contributed by atoms with Crippen LogP contribution in [0.5, 0.6) is 0 Å². The van der Waals surface area contributed by atoms with Crippen LogP contribution in [0.15, 0.2) is 40.9 Å². The zero-order valence-corrected chi connectivity index (χ0v) is 12.7. The van der Waals surface area contributed by atoms with Gasteiger partial charge in [-0.15, -0.1) is 0 Å². The van der Waals surface area contributed by atoms with Crippen molar-refractivity contribution in [2.45, 2.75) is 12.5 Å². The van der Waals surface area contributed by atoms with Crippen LogP contribution in [0.1, 0.15) is 17.2 Å². The van der Waals surface area contributed by atoms with E-state index in [9.17, 15) is 8.78 Å². The molecule has 2 aromatic carbocycles. The van der Waals surface area contributed by atoms with E-state index < -0.39 is 11.9 Å². The Morgan fingerprint density at radius 3 is 2.65 bits per heavy atom. The molecule has 1 atom stereocenters. The Labute approximate surface area is 129 Å². The predicted octanol–water partition coefficient (Wildman–Crippen LogP) is 4.13. The number of nitrogens with one attached hydrogen (secondary N) is 1. The first-order valence-corrected chi connectivity index (χ1v) is 7.03. The van der Waals surface area contributed by atoms with Crippen molar-refractivity contribution in [1.82, 2.24) is 5.43 Å². The van der Waals surface area contributed by atoms with Gasteiger partial charge in [-0.2, -0.15) is 0 Å². The van der Waals surface area contributed by atoms with Gasteiger partial charge in [-0.1, -0.05) is 27.5 Å². The van der Waals surface area contributed by atoms with Crippen LogP contribution >= 0.6 is 27.5 Å². The SMILES string of the molecule is NNC(Cc1cc(F)ccc1Br)c1cc(Cl)ccc1F. The van der Waals surface area contributed by atoms with Crippen LogP contribution in [0.4, 0.5) is 8.78 Å². The van der Waals surface area contributed by atoms with E-state index in [1.54, 1.807) is 6.07 Å². The predicted molar refractivity (Wildman–Crippen MR) is 79.3 cm³/mol. The maximum Gasteiger partial charge on any atom is 0.128 e. The fourth-order valence-electron chi connectivity index (χ4n) is 1.96. The number of benzene rings is 2. The molecule has 0 saturated heterocycles. The fourth-order valence-corrected chi connectivity index (χ4v) is 2.55. The van der Waals surface area contributed by atoms with Gasteiger partial charge < -0.3 is 0 Å². The summed E-state index contributed by atoms with van der Waals surface area (Å²) in [5, 5.41) is 0.417. The molecule has 1 unspecified atom stereocenters. The molecule has 0 aliphatic carbocycles. The first-order chi connectivity index (χ1) is 9.51. The summed E-state index contributed by atoms with van der Waals surface area (Å²) in [6.07, 6.45) is 0.326. The van der Waals surface area contributed by atoms with Crippen molar-refractivity contribution in [3.8, 4) is 0 Å². The quantitative estimate of drug-likeness (QED) is 0.635. The highest BCUT2D eigenvalue weighted by Crippen LogP contribution is 2.27. The van der Waals surface area contributed by atoms with Crippen molar-refractivity contribution < 1.29 is 8.78 Å². The van der Waals surface area contributed by atoms with E-state index >= 15 is 0 Å². The Balaban J connectivity index is 2.33. The molecule has 0 saturated carbocycles. The molecule has 0 aliphatic heterocycles. The van der Waals surface area contributed by atoms with Gasteiger partial charge in [0.15, 0.2) is 0 Å². The van der Waals surface area contributed by atoms with Crippen molar-refractivity contribution in [1.29, 1.82) is 0 Å². The summed E-state index contributed by atoms with van der Waals surface area (Å²) in [5.74, 6) is 4.72. The van der Waals surface area contributed by atoms with E-state index in [2.05, 4.69) is 21.4 Å². The summed E-state index contributed by atoms with van der Waals surface area (Å²) in [5.41, 5.74) is 3.57. The number of hydrogen-bond acceptors (Lipinski definition) is 2. The monoisotopic (exact) mass is 360 g/mol. The van der Waals surface area contributed by atoms with Crippen LogP contribution in [0.3, 0.4) is 0 Å². The number of halogens is 4. The van der Waals surface area contributed by atoms with Gasteiger partial charge in [0, 0.05) is 15.1 Å². The molecule has 20 heavy (non-hydrogen) atoms. The Morgan fingerprint density at radius 1 is 1.20 bits per heavy atom. The minimum absolute atomic E-state index is 0.326. The van der Waals surface area contributed by atoms with E-state index in [0.29, 0.717) is 22.6 Å². The zero-order valence-electron chi connectivity index (χ0n) is 10.3. The van der Waals surface area contributed by atoms with E-state index in [1.165, 1.54) is 30.3 Å². The minimum atomic E-state index is -0.508. The number of rotatable bonds is 4. The third-order valence-electron chi connectivity index (χ3n) is 2.97. The van der Waals surface area contributed by atoms with E-state index in [1.807, 2.05) is 0 Å². The van der Waals surface area contributed by atoms with Gasteiger partial charge in [0.2, 0.25) is 0 Å². The molecule has 0 amide bonds. The van der Waals surface area contributed by atoms with Gasteiger partial charge in [0.05, 0.1) is 6.04 Å². The molecule has 0 aromatic heterocycles. The van der Waals surface area contributed by atoms with E-state index in [4.69, 9.17) is 17.4 Å². The number of nitrogens with two attached hydrogens (primary N) is 1. The summed E-state index contributed by atoms with van der Waals surface area (Å²) in [7, 11) is 0. The molecule has 0 radical (unpaired) electrons. The highest BCUT2D eigenvalue weighted by molar-refractivity contribution is 9.10. The van der Waals surface area contributed by atoms with Crippen molar-refractivity contribution in [2.75, 3.05) is 0 Å². The summed E-state index contributed by atoms with van der Waals surface area (Å²) < 4.78 is 27.9. The normalized spacial score (nSPS) is 12.4. The molecule has 2 rings (SSSR count). The average molecular weight is 362 g/mol. The molecule has 6 heteroatoms. The Bertz CT molecular complexity index is 622. The molecular weight excluding hydrogens is 350 g/mol.